The number of nitrogens with zero attached hydrogens (tertiary/aromatic N) is 1. The number of allylic oxidation sites excluding steroid dienone is 8. The highest BCUT2D eigenvalue weighted by Crippen LogP contribution is 2.38. The number of hydrogen-bond donors (Lipinski definition) is 3. The number of carbonyl (C=O) groups excluding carboxylic acids is 1. The van der Waals surface area contributed by atoms with Crippen molar-refractivity contribution in [3.05, 3.63) is 48.6 Å². The number of rotatable bonds is 43. The largest absolute Gasteiger partial charge is 0.756 e. The molecular formula is C49H93N2O7P. The van der Waals surface area contributed by atoms with Gasteiger partial charge in [-0.3, -0.25) is 9.36 Å². The lowest BCUT2D eigenvalue weighted by Gasteiger charge is -2.31. The summed E-state index contributed by atoms with van der Waals surface area (Å²) in [5.41, 5.74) is 0. The van der Waals surface area contributed by atoms with E-state index in [-0.39, 0.29) is 18.9 Å². The Hall–Kier alpha value is -1.58. The predicted octanol–water partition coefficient (Wildman–Crippen LogP) is 12.0. The summed E-state index contributed by atoms with van der Waals surface area (Å²) < 4.78 is 23.1. The summed E-state index contributed by atoms with van der Waals surface area (Å²) in [6.45, 7) is 4.19. The first-order valence-electron chi connectivity index (χ1n) is 24.0. The van der Waals surface area contributed by atoms with Gasteiger partial charge in [0.25, 0.3) is 7.82 Å². The number of aliphatic hydroxyl groups is 2. The summed E-state index contributed by atoms with van der Waals surface area (Å²) in [6.07, 6.45) is 47.5. The number of nitrogens with one attached hydrogen (secondary N) is 1. The van der Waals surface area contributed by atoms with Crippen molar-refractivity contribution in [2.75, 3.05) is 40.9 Å². The minimum absolute atomic E-state index is 0.0512. The van der Waals surface area contributed by atoms with E-state index in [1.165, 1.54) is 109 Å². The van der Waals surface area contributed by atoms with Crippen LogP contribution < -0.4 is 10.2 Å². The van der Waals surface area contributed by atoms with Crippen molar-refractivity contribution in [3.63, 3.8) is 0 Å². The van der Waals surface area contributed by atoms with Gasteiger partial charge in [-0.2, -0.15) is 0 Å². The topological polar surface area (TPSA) is 128 Å². The van der Waals surface area contributed by atoms with E-state index in [2.05, 4.69) is 60.8 Å². The second kappa shape index (κ2) is 40.5. The highest BCUT2D eigenvalue weighted by Gasteiger charge is 2.29. The van der Waals surface area contributed by atoms with Crippen LogP contribution in [-0.4, -0.2) is 79.8 Å². The average molecular weight is 853 g/mol. The van der Waals surface area contributed by atoms with Crippen LogP contribution in [0, 0.1) is 0 Å². The Morgan fingerprint density at radius 1 is 0.627 bits per heavy atom. The Kier molecular flexibility index (Phi) is 39.4. The molecule has 3 N–H and O–H groups in total. The summed E-state index contributed by atoms with van der Waals surface area (Å²) in [6, 6.07) is -1.10. The quantitative estimate of drug-likeness (QED) is 0.0241. The van der Waals surface area contributed by atoms with Gasteiger partial charge in [0.05, 0.1) is 39.9 Å². The van der Waals surface area contributed by atoms with Crippen LogP contribution in [0.2, 0.25) is 0 Å². The standard InChI is InChI=1S/C49H93N2O7P/c1-6-8-10-12-14-16-18-20-21-22-23-24-25-26-27-28-29-30-32-34-36-38-40-42-48(53)50-46(45-58-59(55,56)57-44-43-51(3,4)5)49(54)47(52)41-39-37-35-33-31-19-17-15-13-11-9-7-2/h7,9,15,17,22-23,33,35,46-47,49,52,54H,6,8,10-14,16,18-21,24-32,34,36-45H2,1-5H3,(H-,50,53,55,56)/b9-7+,17-15+,23-22-,35-33+. The first kappa shape index (κ1) is 57.4. The van der Waals surface area contributed by atoms with Crippen LogP contribution in [-0.2, 0) is 18.4 Å². The fourth-order valence-electron chi connectivity index (χ4n) is 6.82. The molecule has 0 saturated carbocycles. The van der Waals surface area contributed by atoms with Gasteiger partial charge in [-0.1, -0.05) is 158 Å². The molecule has 0 radical (unpaired) electrons. The molecule has 0 aromatic rings. The second-order valence-electron chi connectivity index (χ2n) is 17.6. The minimum atomic E-state index is -4.68. The van der Waals surface area contributed by atoms with Crippen LogP contribution in [0.4, 0.5) is 0 Å². The second-order valence-corrected chi connectivity index (χ2v) is 19.0. The molecule has 0 heterocycles. The molecule has 4 atom stereocenters. The number of aliphatic hydroxyl groups excluding tert-OH is 2. The lowest BCUT2D eigenvalue weighted by Crippen LogP contribution is -2.51. The van der Waals surface area contributed by atoms with Crippen LogP contribution in [0.25, 0.3) is 0 Å². The molecule has 0 aliphatic heterocycles. The Balaban J connectivity index is 4.37. The van der Waals surface area contributed by atoms with E-state index in [1.54, 1.807) is 0 Å². The molecule has 9 nitrogen and oxygen atoms in total. The van der Waals surface area contributed by atoms with Gasteiger partial charge in [0.15, 0.2) is 0 Å². The third kappa shape index (κ3) is 41.5. The maximum atomic E-state index is 12.9. The highest BCUT2D eigenvalue weighted by molar-refractivity contribution is 7.45. The lowest BCUT2D eigenvalue weighted by molar-refractivity contribution is -0.870. The summed E-state index contributed by atoms with van der Waals surface area (Å²) in [5.74, 6) is -0.297. The molecule has 0 saturated heterocycles. The molecule has 0 aliphatic rings. The van der Waals surface area contributed by atoms with E-state index < -0.39 is 32.7 Å². The number of likely N-dealkylation sites (N-methyl/N-ethyl adjacent to an activating group) is 1. The highest BCUT2D eigenvalue weighted by atomic mass is 31.2. The average Bonchev–Trinajstić information content (AvgIpc) is 3.19. The molecule has 4 unspecified atom stereocenters. The molecular weight excluding hydrogens is 760 g/mol. The zero-order chi connectivity index (χ0) is 43.7. The number of unbranched alkanes of at least 4 members (excludes halogenated alkanes) is 22. The van der Waals surface area contributed by atoms with Crippen LogP contribution in [0.3, 0.4) is 0 Å². The van der Waals surface area contributed by atoms with Crippen molar-refractivity contribution in [3.8, 4) is 0 Å². The van der Waals surface area contributed by atoms with Gasteiger partial charge in [0.1, 0.15) is 19.3 Å². The van der Waals surface area contributed by atoms with E-state index in [4.69, 9.17) is 9.05 Å². The summed E-state index contributed by atoms with van der Waals surface area (Å²) in [7, 11) is 1.09. The van der Waals surface area contributed by atoms with Crippen molar-refractivity contribution < 1.29 is 38.0 Å². The minimum Gasteiger partial charge on any atom is -0.756 e. The van der Waals surface area contributed by atoms with Gasteiger partial charge >= 0.3 is 0 Å². The molecule has 10 heteroatoms. The van der Waals surface area contributed by atoms with Crippen LogP contribution in [0.1, 0.15) is 200 Å². The lowest BCUT2D eigenvalue weighted by atomic mass is 10.0. The van der Waals surface area contributed by atoms with Crippen molar-refractivity contribution in [2.24, 2.45) is 0 Å². The maximum absolute atomic E-state index is 12.9. The monoisotopic (exact) mass is 853 g/mol. The number of amides is 1. The summed E-state index contributed by atoms with van der Waals surface area (Å²) >= 11 is 0. The molecule has 1 amide bonds. The predicted molar refractivity (Wildman–Crippen MR) is 248 cm³/mol. The van der Waals surface area contributed by atoms with E-state index in [1.807, 2.05) is 28.1 Å². The van der Waals surface area contributed by atoms with Gasteiger partial charge in [-0.15, -0.1) is 0 Å². The number of quaternary nitrogens is 1. The first-order chi connectivity index (χ1) is 28.4. The Morgan fingerprint density at radius 3 is 1.53 bits per heavy atom. The van der Waals surface area contributed by atoms with Gasteiger partial charge in [-0.05, 0) is 84.0 Å². The van der Waals surface area contributed by atoms with Crippen molar-refractivity contribution in [1.82, 2.24) is 5.32 Å². The SMILES string of the molecule is C/C=C/CC/C=C/CC/C=C/CCCC(O)C(O)C(COP(=O)([O-])OCC[N+](C)(C)C)NC(=O)CCCCCCCCCCCCC/C=C\CCCCCCCCCC. The number of carbonyl (C=O) groups is 1. The molecule has 0 aliphatic carbocycles. The van der Waals surface area contributed by atoms with Gasteiger partial charge < -0.3 is 34.0 Å². The number of hydrogen-bond acceptors (Lipinski definition) is 7. The molecule has 0 fully saturated rings. The van der Waals surface area contributed by atoms with Crippen LogP contribution in [0.5, 0.6) is 0 Å². The summed E-state index contributed by atoms with van der Waals surface area (Å²) in [5, 5.41) is 24.6. The Labute approximate surface area is 363 Å². The Bertz CT molecular complexity index is 1120. The molecule has 0 aromatic carbocycles. The van der Waals surface area contributed by atoms with Crippen molar-refractivity contribution in [2.45, 2.75) is 218 Å². The van der Waals surface area contributed by atoms with Crippen LogP contribution in [0.15, 0.2) is 48.6 Å². The van der Waals surface area contributed by atoms with Gasteiger partial charge in [0, 0.05) is 6.42 Å². The van der Waals surface area contributed by atoms with Crippen molar-refractivity contribution >= 4 is 13.7 Å². The first-order valence-corrected chi connectivity index (χ1v) is 25.5. The zero-order valence-corrected chi connectivity index (χ0v) is 39.7. The fourth-order valence-corrected chi connectivity index (χ4v) is 7.54. The molecule has 59 heavy (non-hydrogen) atoms. The van der Waals surface area contributed by atoms with Gasteiger partial charge in [0.2, 0.25) is 5.91 Å². The van der Waals surface area contributed by atoms with E-state index in [0.29, 0.717) is 30.3 Å². The molecule has 346 valence electrons. The molecule has 0 aromatic heterocycles. The molecule has 0 spiro atoms. The smallest absolute Gasteiger partial charge is 0.268 e. The third-order valence-corrected chi connectivity index (χ3v) is 11.6. The number of phosphoric ester groups is 1. The van der Waals surface area contributed by atoms with E-state index >= 15 is 0 Å². The van der Waals surface area contributed by atoms with E-state index in [9.17, 15) is 24.5 Å². The van der Waals surface area contributed by atoms with Crippen molar-refractivity contribution in [1.29, 1.82) is 0 Å². The van der Waals surface area contributed by atoms with Gasteiger partial charge in [-0.25, -0.2) is 0 Å². The fraction of sp³-hybridized carbons (Fsp3) is 0.816. The number of phosphoric acid groups is 1. The third-order valence-electron chi connectivity index (χ3n) is 10.7. The normalized spacial score (nSPS) is 15.2. The van der Waals surface area contributed by atoms with Crippen LogP contribution >= 0.6 is 7.82 Å². The van der Waals surface area contributed by atoms with E-state index in [0.717, 1.165) is 51.4 Å². The maximum Gasteiger partial charge on any atom is 0.268 e. The molecule has 0 rings (SSSR count). The molecule has 0 bridgehead atoms. The Morgan fingerprint density at radius 2 is 1.05 bits per heavy atom. The zero-order valence-electron chi connectivity index (χ0n) is 38.8. The summed E-state index contributed by atoms with van der Waals surface area (Å²) in [4.78, 5) is 25.4.